The molecule has 140 valence electrons. The highest BCUT2D eigenvalue weighted by Crippen LogP contribution is 2.29. The van der Waals surface area contributed by atoms with Crippen LogP contribution in [0.15, 0.2) is 59.8 Å². The van der Waals surface area contributed by atoms with E-state index in [1.54, 1.807) is 0 Å². The predicted molar refractivity (Wildman–Crippen MR) is 110 cm³/mol. The number of benzene rings is 2. The average Bonchev–Trinajstić information content (AvgIpc) is 2.63. The van der Waals surface area contributed by atoms with E-state index in [4.69, 9.17) is 12.2 Å². The van der Waals surface area contributed by atoms with Gasteiger partial charge < -0.3 is 20.9 Å². The maximum absolute atomic E-state index is 13.1. The van der Waals surface area contributed by atoms with Gasteiger partial charge in [-0.15, -0.1) is 0 Å². The molecular weight excluding hydrogens is 363 g/mol. The van der Waals surface area contributed by atoms with Crippen LogP contribution in [-0.2, 0) is 4.79 Å². The Morgan fingerprint density at radius 2 is 1.74 bits per heavy atom. The molecule has 7 heteroatoms. The molecule has 1 atom stereocenters. The highest BCUT2D eigenvalue weighted by molar-refractivity contribution is 7.80. The Balaban J connectivity index is 1.91. The van der Waals surface area contributed by atoms with Gasteiger partial charge >= 0.3 is 0 Å². The molecule has 27 heavy (non-hydrogen) atoms. The molecule has 0 fully saturated rings. The summed E-state index contributed by atoms with van der Waals surface area (Å²) in [6.07, 6.45) is 0. The van der Waals surface area contributed by atoms with Crippen LogP contribution in [0.1, 0.15) is 18.5 Å². The normalized spacial score (nSPS) is 16.4. The number of hydrogen-bond donors (Lipinski definition) is 3. The lowest BCUT2D eigenvalue weighted by Crippen LogP contribution is -2.45. The molecule has 0 bridgehead atoms. The summed E-state index contributed by atoms with van der Waals surface area (Å²) in [5.74, 6) is -0.628. The largest absolute Gasteiger partial charge is 0.378 e. The highest BCUT2D eigenvalue weighted by atomic mass is 32.1. The van der Waals surface area contributed by atoms with Gasteiger partial charge in [0.05, 0.1) is 11.6 Å². The topological polar surface area (TPSA) is 56.4 Å². The average molecular weight is 384 g/mol. The van der Waals surface area contributed by atoms with Crippen molar-refractivity contribution in [2.24, 2.45) is 0 Å². The van der Waals surface area contributed by atoms with E-state index >= 15 is 0 Å². The lowest BCUT2D eigenvalue weighted by molar-refractivity contribution is -0.113. The molecule has 1 amide bonds. The van der Waals surface area contributed by atoms with Crippen molar-refractivity contribution in [2.45, 2.75) is 13.0 Å². The Labute approximate surface area is 163 Å². The standard InChI is InChI=1S/C20H21FN4OS/c1-12-17(19(26)23-15-8-6-14(21)7-9-15)18(24-20(27)22-12)13-4-10-16(11-5-13)25(2)3/h4-11,18H,1-3H3,(H,23,26)(H2,22,24,27)/t18-/m0/s1. The minimum Gasteiger partial charge on any atom is -0.378 e. The van der Waals surface area contributed by atoms with Crippen LogP contribution in [0, 0.1) is 5.82 Å². The second kappa shape index (κ2) is 7.75. The molecule has 0 saturated heterocycles. The van der Waals surface area contributed by atoms with Crippen molar-refractivity contribution in [1.29, 1.82) is 0 Å². The van der Waals surface area contributed by atoms with Gasteiger partial charge in [-0.3, -0.25) is 4.79 Å². The van der Waals surface area contributed by atoms with E-state index in [9.17, 15) is 9.18 Å². The van der Waals surface area contributed by atoms with E-state index in [2.05, 4.69) is 16.0 Å². The number of rotatable bonds is 4. The van der Waals surface area contributed by atoms with Gasteiger partial charge in [-0.1, -0.05) is 12.1 Å². The van der Waals surface area contributed by atoms with Crippen LogP contribution in [-0.4, -0.2) is 25.1 Å². The van der Waals surface area contributed by atoms with Crippen LogP contribution < -0.4 is 20.9 Å². The Bertz CT molecular complexity index is 891. The van der Waals surface area contributed by atoms with Crippen molar-refractivity contribution < 1.29 is 9.18 Å². The second-order valence-corrected chi connectivity index (χ2v) is 6.93. The van der Waals surface area contributed by atoms with E-state index < -0.39 is 0 Å². The Hall–Kier alpha value is -2.93. The van der Waals surface area contributed by atoms with E-state index in [1.807, 2.05) is 50.2 Å². The number of carbonyl (C=O) groups is 1. The smallest absolute Gasteiger partial charge is 0.255 e. The van der Waals surface area contributed by atoms with Crippen LogP contribution in [0.25, 0.3) is 0 Å². The second-order valence-electron chi connectivity index (χ2n) is 6.52. The molecule has 3 N–H and O–H groups in total. The summed E-state index contributed by atoms with van der Waals surface area (Å²) in [6, 6.07) is 13.2. The molecule has 2 aromatic carbocycles. The van der Waals surface area contributed by atoms with Gasteiger partial charge in [0.2, 0.25) is 0 Å². The molecule has 1 aliphatic rings. The quantitative estimate of drug-likeness (QED) is 0.706. The zero-order chi connectivity index (χ0) is 19.6. The molecule has 2 aromatic rings. The fourth-order valence-electron chi connectivity index (χ4n) is 2.94. The fraction of sp³-hybridized carbons (Fsp3) is 0.200. The van der Waals surface area contributed by atoms with Crippen molar-refractivity contribution in [3.05, 3.63) is 71.2 Å². The molecule has 1 aliphatic heterocycles. The molecular formula is C20H21FN4OS. The Kier molecular flexibility index (Phi) is 5.41. The molecule has 0 aliphatic carbocycles. The van der Waals surface area contributed by atoms with Crippen molar-refractivity contribution >= 4 is 34.6 Å². The molecule has 0 unspecified atom stereocenters. The SMILES string of the molecule is CC1=C(C(=O)Nc2ccc(F)cc2)[C@H](c2ccc(N(C)C)cc2)NC(=S)N1. The fourth-order valence-corrected chi connectivity index (χ4v) is 3.21. The van der Waals surface area contributed by atoms with Gasteiger partial charge in [0, 0.05) is 31.2 Å². The predicted octanol–water partition coefficient (Wildman–Crippen LogP) is 3.32. The highest BCUT2D eigenvalue weighted by Gasteiger charge is 2.29. The molecule has 3 rings (SSSR count). The van der Waals surface area contributed by atoms with E-state index in [0.29, 0.717) is 22.1 Å². The zero-order valence-electron chi connectivity index (χ0n) is 15.3. The van der Waals surface area contributed by atoms with E-state index in [-0.39, 0.29) is 17.8 Å². The number of hydrogen-bond acceptors (Lipinski definition) is 3. The van der Waals surface area contributed by atoms with E-state index in [1.165, 1.54) is 24.3 Å². The van der Waals surface area contributed by atoms with Crippen molar-refractivity contribution in [3.63, 3.8) is 0 Å². The first-order valence-corrected chi connectivity index (χ1v) is 8.88. The number of amides is 1. The van der Waals surface area contributed by atoms with Crippen molar-refractivity contribution in [1.82, 2.24) is 10.6 Å². The summed E-state index contributed by atoms with van der Waals surface area (Å²) in [5, 5.41) is 9.45. The molecule has 1 heterocycles. The van der Waals surface area contributed by atoms with Gasteiger partial charge in [0.25, 0.3) is 5.91 Å². The van der Waals surface area contributed by atoms with Crippen LogP contribution in [0.2, 0.25) is 0 Å². The number of nitrogens with one attached hydrogen (secondary N) is 3. The van der Waals surface area contributed by atoms with Crippen LogP contribution in [0.4, 0.5) is 15.8 Å². The van der Waals surface area contributed by atoms with Gasteiger partial charge in [-0.25, -0.2) is 4.39 Å². The minimum absolute atomic E-state index is 0.275. The molecule has 0 spiro atoms. The number of carbonyl (C=O) groups excluding carboxylic acids is 1. The van der Waals surface area contributed by atoms with Crippen LogP contribution in [0.3, 0.4) is 0 Å². The molecule has 0 radical (unpaired) electrons. The Morgan fingerprint density at radius 1 is 1.11 bits per heavy atom. The first kappa shape index (κ1) is 18.8. The van der Waals surface area contributed by atoms with Gasteiger partial charge in [-0.05, 0) is 61.1 Å². The maximum Gasteiger partial charge on any atom is 0.255 e. The van der Waals surface area contributed by atoms with Gasteiger partial charge in [0.15, 0.2) is 5.11 Å². The number of allylic oxidation sites excluding steroid dienone is 1. The summed E-state index contributed by atoms with van der Waals surface area (Å²) in [7, 11) is 3.94. The summed E-state index contributed by atoms with van der Waals surface area (Å²) in [6.45, 7) is 1.81. The first-order valence-electron chi connectivity index (χ1n) is 8.47. The third-order valence-electron chi connectivity index (χ3n) is 4.36. The lowest BCUT2D eigenvalue weighted by atomic mass is 9.94. The third kappa shape index (κ3) is 4.25. The molecule has 5 nitrogen and oxygen atoms in total. The van der Waals surface area contributed by atoms with Crippen LogP contribution >= 0.6 is 12.2 Å². The summed E-state index contributed by atoms with van der Waals surface area (Å²) >= 11 is 5.27. The van der Waals surface area contributed by atoms with Crippen molar-refractivity contribution in [3.8, 4) is 0 Å². The summed E-state index contributed by atoms with van der Waals surface area (Å²) in [4.78, 5) is 14.9. The minimum atomic E-state index is -0.379. The zero-order valence-corrected chi connectivity index (χ0v) is 16.2. The number of thiocarbonyl (C=S) groups is 1. The lowest BCUT2D eigenvalue weighted by Gasteiger charge is -2.30. The maximum atomic E-state index is 13.1. The summed E-state index contributed by atoms with van der Waals surface area (Å²) < 4.78 is 13.1. The number of halogens is 1. The van der Waals surface area contributed by atoms with Crippen molar-refractivity contribution in [2.75, 3.05) is 24.3 Å². The third-order valence-corrected chi connectivity index (χ3v) is 4.58. The van der Waals surface area contributed by atoms with Gasteiger partial charge in [0.1, 0.15) is 5.82 Å². The monoisotopic (exact) mass is 384 g/mol. The molecule has 0 saturated carbocycles. The number of nitrogens with zero attached hydrogens (tertiary/aromatic N) is 1. The number of anilines is 2. The van der Waals surface area contributed by atoms with Gasteiger partial charge in [-0.2, -0.15) is 0 Å². The van der Waals surface area contributed by atoms with E-state index in [0.717, 1.165) is 11.3 Å². The van der Waals surface area contributed by atoms with Crippen LogP contribution in [0.5, 0.6) is 0 Å². The summed E-state index contributed by atoms with van der Waals surface area (Å²) in [5.41, 5.74) is 3.73. The first-order chi connectivity index (χ1) is 12.8. The Morgan fingerprint density at radius 3 is 2.33 bits per heavy atom. The molecule has 0 aromatic heterocycles.